The molecule has 0 bridgehead atoms. The summed E-state index contributed by atoms with van der Waals surface area (Å²) in [6, 6.07) is 23.2. The summed E-state index contributed by atoms with van der Waals surface area (Å²) in [6.45, 7) is 0.500. The second kappa shape index (κ2) is 8.74. The van der Waals surface area contributed by atoms with Crippen LogP contribution in [0, 0.1) is 0 Å². The molecule has 4 aromatic rings. The molecule has 0 fully saturated rings. The maximum absolute atomic E-state index is 13.0. The molecular formula is C25H23NO4. The van der Waals surface area contributed by atoms with Gasteiger partial charge in [-0.15, -0.1) is 0 Å². The van der Waals surface area contributed by atoms with Crippen LogP contribution in [0.3, 0.4) is 0 Å². The van der Waals surface area contributed by atoms with Crippen LogP contribution in [0.5, 0.6) is 11.5 Å². The molecule has 1 aromatic heterocycles. The fourth-order valence-electron chi connectivity index (χ4n) is 3.45. The number of fused-ring (bicyclic) bond motifs is 1. The summed E-state index contributed by atoms with van der Waals surface area (Å²) in [5.74, 6) is 1.56. The number of hydrogen-bond donors (Lipinski definition) is 1. The molecule has 0 saturated heterocycles. The minimum absolute atomic E-state index is 0.238. The molecule has 0 aliphatic rings. The molecule has 5 nitrogen and oxygen atoms in total. The second-order valence-electron chi connectivity index (χ2n) is 6.89. The van der Waals surface area contributed by atoms with Gasteiger partial charge < -0.3 is 19.2 Å². The van der Waals surface area contributed by atoms with Gasteiger partial charge >= 0.3 is 0 Å². The zero-order chi connectivity index (χ0) is 20.9. The Labute approximate surface area is 175 Å². The van der Waals surface area contributed by atoms with Crippen LogP contribution >= 0.6 is 0 Å². The summed E-state index contributed by atoms with van der Waals surface area (Å²) < 4.78 is 16.5. The Hall–Kier alpha value is -3.73. The second-order valence-corrected chi connectivity index (χ2v) is 6.89. The van der Waals surface area contributed by atoms with Crippen molar-refractivity contribution >= 4 is 16.9 Å². The summed E-state index contributed by atoms with van der Waals surface area (Å²) in [7, 11) is 3.25. The van der Waals surface area contributed by atoms with E-state index in [1.54, 1.807) is 20.3 Å². The van der Waals surface area contributed by atoms with Crippen molar-refractivity contribution in [2.45, 2.75) is 6.42 Å². The first-order valence-electron chi connectivity index (χ1n) is 9.76. The Balaban J connectivity index is 1.59. The van der Waals surface area contributed by atoms with E-state index in [1.165, 1.54) is 0 Å². The number of benzene rings is 3. The molecule has 0 atom stereocenters. The molecule has 30 heavy (non-hydrogen) atoms. The SMILES string of the molecule is COc1ccc(CCNC(=O)c2oc3cc(OC)ccc3c2-c2ccccc2)cc1. The first kappa shape index (κ1) is 19.6. The Morgan fingerprint density at radius 2 is 1.60 bits per heavy atom. The predicted molar refractivity (Wildman–Crippen MR) is 117 cm³/mol. The standard InChI is InChI=1S/C25H23NO4/c1-28-19-10-8-17(9-11-19)14-15-26-25(27)24-23(18-6-4-3-5-7-18)21-13-12-20(29-2)16-22(21)30-24/h3-13,16H,14-15H2,1-2H3,(H,26,27). The minimum Gasteiger partial charge on any atom is -0.497 e. The highest BCUT2D eigenvalue weighted by Gasteiger charge is 2.22. The highest BCUT2D eigenvalue weighted by Crippen LogP contribution is 2.36. The topological polar surface area (TPSA) is 60.7 Å². The maximum Gasteiger partial charge on any atom is 0.287 e. The lowest BCUT2D eigenvalue weighted by atomic mass is 10.0. The Kier molecular flexibility index (Phi) is 5.70. The largest absolute Gasteiger partial charge is 0.497 e. The normalized spacial score (nSPS) is 10.7. The number of amides is 1. The van der Waals surface area contributed by atoms with E-state index in [-0.39, 0.29) is 5.91 Å². The molecule has 0 aliphatic carbocycles. The van der Waals surface area contributed by atoms with E-state index < -0.39 is 0 Å². The number of ether oxygens (including phenoxy) is 2. The number of methoxy groups -OCH3 is 2. The molecule has 0 aliphatic heterocycles. The molecule has 0 radical (unpaired) electrons. The van der Waals surface area contributed by atoms with Crippen LogP contribution < -0.4 is 14.8 Å². The average Bonchev–Trinajstić information content (AvgIpc) is 3.18. The van der Waals surface area contributed by atoms with Crippen molar-refractivity contribution in [1.82, 2.24) is 5.32 Å². The van der Waals surface area contributed by atoms with Crippen LogP contribution in [0.15, 0.2) is 77.2 Å². The number of nitrogens with one attached hydrogen (secondary N) is 1. The van der Waals surface area contributed by atoms with E-state index in [0.717, 1.165) is 27.8 Å². The van der Waals surface area contributed by atoms with E-state index in [2.05, 4.69) is 5.32 Å². The summed E-state index contributed by atoms with van der Waals surface area (Å²) >= 11 is 0. The van der Waals surface area contributed by atoms with Crippen LogP contribution in [0.1, 0.15) is 16.1 Å². The van der Waals surface area contributed by atoms with Gasteiger partial charge in [0.05, 0.1) is 14.2 Å². The van der Waals surface area contributed by atoms with Gasteiger partial charge in [0.15, 0.2) is 0 Å². The molecule has 0 unspecified atom stereocenters. The Morgan fingerprint density at radius 3 is 2.30 bits per heavy atom. The molecule has 3 aromatic carbocycles. The van der Waals surface area contributed by atoms with Gasteiger partial charge in [0.25, 0.3) is 5.91 Å². The van der Waals surface area contributed by atoms with Crippen LogP contribution in [0.4, 0.5) is 0 Å². The first-order chi connectivity index (χ1) is 14.7. The fraction of sp³-hybridized carbons (Fsp3) is 0.160. The maximum atomic E-state index is 13.0. The van der Waals surface area contributed by atoms with Crippen molar-refractivity contribution in [3.05, 3.63) is 84.1 Å². The van der Waals surface area contributed by atoms with Gasteiger partial charge in [-0.3, -0.25) is 4.79 Å². The van der Waals surface area contributed by atoms with E-state index in [0.29, 0.717) is 30.1 Å². The van der Waals surface area contributed by atoms with E-state index in [4.69, 9.17) is 13.9 Å². The third-order valence-electron chi connectivity index (χ3n) is 5.02. The fourth-order valence-corrected chi connectivity index (χ4v) is 3.45. The van der Waals surface area contributed by atoms with E-state index in [1.807, 2.05) is 66.7 Å². The monoisotopic (exact) mass is 401 g/mol. The van der Waals surface area contributed by atoms with Gasteiger partial charge in [-0.05, 0) is 41.8 Å². The van der Waals surface area contributed by atoms with Gasteiger partial charge in [0.1, 0.15) is 17.1 Å². The van der Waals surface area contributed by atoms with Gasteiger partial charge in [-0.25, -0.2) is 0 Å². The molecule has 4 rings (SSSR count). The zero-order valence-electron chi connectivity index (χ0n) is 17.0. The molecule has 5 heteroatoms. The van der Waals surface area contributed by atoms with E-state index >= 15 is 0 Å². The number of hydrogen-bond acceptors (Lipinski definition) is 4. The number of carbonyl (C=O) groups excluding carboxylic acids is 1. The highest BCUT2D eigenvalue weighted by atomic mass is 16.5. The lowest BCUT2D eigenvalue weighted by Gasteiger charge is -2.07. The number of furan rings is 1. The summed E-state index contributed by atoms with van der Waals surface area (Å²) in [5, 5.41) is 3.86. The Bertz CT molecular complexity index is 1150. The summed E-state index contributed by atoms with van der Waals surface area (Å²) in [5.41, 5.74) is 3.46. The Morgan fingerprint density at radius 1 is 0.900 bits per heavy atom. The summed E-state index contributed by atoms with van der Waals surface area (Å²) in [4.78, 5) is 13.0. The van der Waals surface area contributed by atoms with Gasteiger partial charge in [0, 0.05) is 23.6 Å². The van der Waals surface area contributed by atoms with Gasteiger partial charge in [-0.1, -0.05) is 42.5 Å². The number of rotatable bonds is 7. The van der Waals surface area contributed by atoms with Crippen LogP contribution in [0.25, 0.3) is 22.1 Å². The van der Waals surface area contributed by atoms with E-state index in [9.17, 15) is 4.79 Å². The molecule has 0 spiro atoms. The van der Waals surface area contributed by atoms with Crippen molar-refractivity contribution in [3.63, 3.8) is 0 Å². The van der Waals surface area contributed by atoms with Crippen LogP contribution in [-0.2, 0) is 6.42 Å². The lowest BCUT2D eigenvalue weighted by Crippen LogP contribution is -2.25. The quantitative estimate of drug-likeness (QED) is 0.469. The molecular weight excluding hydrogens is 378 g/mol. The number of carbonyl (C=O) groups is 1. The lowest BCUT2D eigenvalue weighted by molar-refractivity contribution is 0.0929. The van der Waals surface area contributed by atoms with Gasteiger partial charge in [-0.2, -0.15) is 0 Å². The van der Waals surface area contributed by atoms with Crippen molar-refractivity contribution in [1.29, 1.82) is 0 Å². The van der Waals surface area contributed by atoms with Crippen molar-refractivity contribution in [2.75, 3.05) is 20.8 Å². The molecule has 152 valence electrons. The third kappa shape index (κ3) is 4.01. The van der Waals surface area contributed by atoms with Crippen LogP contribution in [-0.4, -0.2) is 26.7 Å². The highest BCUT2D eigenvalue weighted by molar-refractivity contribution is 6.08. The molecule has 1 N–H and O–H groups in total. The molecule has 0 saturated carbocycles. The first-order valence-corrected chi connectivity index (χ1v) is 9.76. The van der Waals surface area contributed by atoms with Crippen molar-refractivity contribution < 1.29 is 18.7 Å². The van der Waals surface area contributed by atoms with Gasteiger partial charge in [0.2, 0.25) is 5.76 Å². The van der Waals surface area contributed by atoms with Crippen molar-refractivity contribution in [3.8, 4) is 22.6 Å². The average molecular weight is 401 g/mol. The zero-order valence-corrected chi connectivity index (χ0v) is 17.0. The van der Waals surface area contributed by atoms with Crippen LogP contribution in [0.2, 0.25) is 0 Å². The van der Waals surface area contributed by atoms with Crippen molar-refractivity contribution in [2.24, 2.45) is 0 Å². The minimum atomic E-state index is -0.238. The summed E-state index contributed by atoms with van der Waals surface area (Å²) in [6.07, 6.45) is 0.713. The third-order valence-corrected chi connectivity index (χ3v) is 5.02. The molecule has 1 amide bonds. The molecule has 1 heterocycles. The predicted octanol–water partition coefficient (Wildman–Crippen LogP) is 5.09. The smallest absolute Gasteiger partial charge is 0.287 e.